The van der Waals surface area contributed by atoms with Crippen molar-refractivity contribution in [3.8, 4) is 11.6 Å². The number of rotatable bonds is 5. The van der Waals surface area contributed by atoms with Gasteiger partial charge in [-0.15, -0.1) is 0 Å². The van der Waals surface area contributed by atoms with Crippen LogP contribution in [-0.4, -0.2) is 20.4 Å². The zero-order chi connectivity index (χ0) is 19.6. The van der Waals surface area contributed by atoms with Crippen LogP contribution < -0.4 is 5.56 Å². The number of para-hydroxylation sites is 1. The van der Waals surface area contributed by atoms with Gasteiger partial charge in [0.1, 0.15) is 0 Å². The molecule has 3 rings (SSSR count). The maximum atomic E-state index is 11.9. The van der Waals surface area contributed by atoms with E-state index in [0.29, 0.717) is 11.1 Å². The molecule has 142 valence electrons. The normalized spacial score (nSPS) is 11.4. The average Bonchev–Trinajstić information content (AvgIpc) is 2.69. The van der Waals surface area contributed by atoms with E-state index in [4.69, 9.17) is 0 Å². The first kappa shape index (κ1) is 20.8. The fourth-order valence-corrected chi connectivity index (χ4v) is 3.25. The van der Waals surface area contributed by atoms with E-state index in [9.17, 15) is 9.90 Å². The van der Waals surface area contributed by atoms with Gasteiger partial charge in [0.25, 0.3) is 5.56 Å². The zero-order valence-electron chi connectivity index (χ0n) is 16.0. The second-order valence-corrected chi connectivity index (χ2v) is 7.29. The van der Waals surface area contributed by atoms with Crippen LogP contribution in [-0.2, 0) is 0 Å². The maximum absolute atomic E-state index is 11.9. The van der Waals surface area contributed by atoms with E-state index in [2.05, 4.69) is 49.2 Å². The van der Waals surface area contributed by atoms with Gasteiger partial charge in [-0.3, -0.25) is 9.36 Å². The van der Waals surface area contributed by atoms with Crippen LogP contribution in [0.3, 0.4) is 0 Å². The lowest BCUT2D eigenvalue weighted by atomic mass is 9.99. The number of thioether (sulfide) groups is 1. The van der Waals surface area contributed by atoms with Crippen molar-refractivity contribution in [3.05, 3.63) is 82.6 Å². The highest BCUT2D eigenvalue weighted by atomic mass is 32.2. The van der Waals surface area contributed by atoms with E-state index in [-0.39, 0.29) is 11.4 Å². The van der Waals surface area contributed by atoms with Gasteiger partial charge in [0.15, 0.2) is 5.16 Å². The minimum absolute atomic E-state index is 0.238. The molecule has 1 aromatic heterocycles. The molecule has 0 fully saturated rings. The van der Waals surface area contributed by atoms with Gasteiger partial charge in [-0.2, -0.15) is 4.98 Å². The molecular weight excluding hydrogens is 356 g/mol. The minimum atomic E-state index is -0.278. The Morgan fingerprint density at radius 1 is 1.04 bits per heavy atom. The Balaban J connectivity index is 0.000000223. The largest absolute Gasteiger partial charge is 0.493 e. The van der Waals surface area contributed by atoms with Gasteiger partial charge in [0.05, 0.1) is 11.8 Å². The van der Waals surface area contributed by atoms with Crippen LogP contribution >= 0.6 is 11.8 Å². The number of benzene rings is 2. The van der Waals surface area contributed by atoms with Crippen molar-refractivity contribution < 1.29 is 5.11 Å². The molecule has 1 N–H and O–H groups in total. The molecule has 0 aliphatic rings. The summed E-state index contributed by atoms with van der Waals surface area (Å²) in [6.07, 6.45) is 1.23. The molecule has 0 aliphatic heterocycles. The smallest absolute Gasteiger partial charge is 0.262 e. The Hall–Kier alpha value is -2.53. The monoisotopic (exact) mass is 382 g/mol. The topological polar surface area (TPSA) is 55.1 Å². The fraction of sp³-hybridized carbons (Fsp3) is 0.273. The summed E-state index contributed by atoms with van der Waals surface area (Å²) in [5.74, 6) is 1.25. The van der Waals surface area contributed by atoms with E-state index < -0.39 is 0 Å². The highest BCUT2D eigenvalue weighted by molar-refractivity contribution is 7.99. The quantitative estimate of drug-likeness (QED) is 0.484. The second-order valence-electron chi connectivity index (χ2n) is 6.06. The molecule has 0 radical (unpaired) electrons. The summed E-state index contributed by atoms with van der Waals surface area (Å²) in [5, 5.41) is 9.86. The van der Waals surface area contributed by atoms with Crippen LogP contribution in [0, 0.1) is 0 Å². The molecule has 0 aliphatic carbocycles. The Bertz CT molecular complexity index is 880. The fourth-order valence-electron chi connectivity index (χ4n) is 2.51. The first-order valence-electron chi connectivity index (χ1n) is 9.13. The number of aromatic nitrogens is 2. The van der Waals surface area contributed by atoms with Gasteiger partial charge < -0.3 is 5.11 Å². The molecule has 1 unspecified atom stereocenters. The summed E-state index contributed by atoms with van der Waals surface area (Å²) in [4.78, 5) is 15.9. The van der Waals surface area contributed by atoms with E-state index in [1.54, 1.807) is 0 Å². The van der Waals surface area contributed by atoms with E-state index >= 15 is 0 Å². The Kier molecular flexibility index (Phi) is 8.14. The predicted octanol–water partition coefficient (Wildman–Crippen LogP) is 5.25. The third kappa shape index (κ3) is 6.00. The first-order chi connectivity index (χ1) is 13.1. The molecule has 1 atom stereocenters. The number of hydrogen-bond acceptors (Lipinski definition) is 4. The van der Waals surface area contributed by atoms with Crippen molar-refractivity contribution in [1.82, 2.24) is 9.55 Å². The van der Waals surface area contributed by atoms with Gasteiger partial charge in [-0.1, -0.05) is 81.1 Å². The maximum Gasteiger partial charge on any atom is 0.262 e. The molecule has 0 bridgehead atoms. The van der Waals surface area contributed by atoms with Gasteiger partial charge in [0.2, 0.25) is 5.88 Å². The molecule has 0 saturated heterocycles. The van der Waals surface area contributed by atoms with Crippen LogP contribution in [0.4, 0.5) is 0 Å². The number of nitrogens with zero attached hydrogens (tertiary/aromatic N) is 2. The van der Waals surface area contributed by atoms with E-state index in [1.807, 2.05) is 37.3 Å². The van der Waals surface area contributed by atoms with Crippen molar-refractivity contribution >= 4 is 11.8 Å². The lowest BCUT2D eigenvalue weighted by molar-refractivity contribution is 0.441. The van der Waals surface area contributed by atoms with Gasteiger partial charge >= 0.3 is 0 Å². The third-order valence-corrected chi connectivity index (χ3v) is 4.96. The van der Waals surface area contributed by atoms with Crippen molar-refractivity contribution in [2.45, 2.75) is 38.3 Å². The highest BCUT2D eigenvalue weighted by Crippen LogP contribution is 2.19. The summed E-state index contributed by atoms with van der Waals surface area (Å²) in [6.45, 7) is 6.45. The molecule has 0 amide bonds. The summed E-state index contributed by atoms with van der Waals surface area (Å²) in [7, 11) is 0. The van der Waals surface area contributed by atoms with Crippen LogP contribution in [0.25, 0.3) is 5.69 Å². The van der Waals surface area contributed by atoms with Crippen LogP contribution in [0.15, 0.2) is 76.7 Å². The molecule has 5 heteroatoms. The SMILES string of the molecule is CCC(C)c1ccccc1.CCSc1nc(O)cc(=O)n1-c1ccccc1. The summed E-state index contributed by atoms with van der Waals surface area (Å²) >= 11 is 1.42. The van der Waals surface area contributed by atoms with Crippen molar-refractivity contribution in [2.24, 2.45) is 0 Å². The molecule has 2 aromatic carbocycles. The molecule has 1 heterocycles. The van der Waals surface area contributed by atoms with Crippen LogP contribution in [0.5, 0.6) is 5.88 Å². The second kappa shape index (κ2) is 10.6. The standard InChI is InChI=1S/C12H12N2O2S.C10H14/c1-2-17-12-13-10(15)8-11(16)14(12)9-6-4-3-5-7-9;1-3-9(2)10-7-5-4-6-8-10/h3-8,15H,2H2,1H3;4-9H,3H2,1-2H3. The number of hydrogen-bond donors (Lipinski definition) is 1. The zero-order valence-corrected chi connectivity index (χ0v) is 16.8. The van der Waals surface area contributed by atoms with Crippen molar-refractivity contribution in [3.63, 3.8) is 0 Å². The van der Waals surface area contributed by atoms with Crippen LogP contribution in [0.2, 0.25) is 0 Å². The summed E-state index contributed by atoms with van der Waals surface area (Å²) in [6, 6.07) is 21.0. The lowest BCUT2D eigenvalue weighted by Crippen LogP contribution is -2.20. The van der Waals surface area contributed by atoms with Gasteiger partial charge in [-0.05, 0) is 35.8 Å². The summed E-state index contributed by atoms with van der Waals surface area (Å²) in [5.41, 5.74) is 1.92. The summed E-state index contributed by atoms with van der Waals surface area (Å²) < 4.78 is 1.49. The molecule has 3 aromatic rings. The molecule has 0 saturated carbocycles. The Morgan fingerprint density at radius 3 is 2.19 bits per heavy atom. The average molecular weight is 383 g/mol. The van der Waals surface area contributed by atoms with Crippen molar-refractivity contribution in [2.75, 3.05) is 5.75 Å². The van der Waals surface area contributed by atoms with Crippen LogP contribution in [0.1, 0.15) is 38.7 Å². The third-order valence-electron chi connectivity index (χ3n) is 4.14. The van der Waals surface area contributed by atoms with Crippen molar-refractivity contribution in [1.29, 1.82) is 0 Å². The Morgan fingerprint density at radius 2 is 1.63 bits per heavy atom. The highest BCUT2D eigenvalue weighted by Gasteiger charge is 2.09. The van der Waals surface area contributed by atoms with Gasteiger partial charge in [-0.25, -0.2) is 0 Å². The van der Waals surface area contributed by atoms with E-state index in [1.165, 1.54) is 28.3 Å². The van der Waals surface area contributed by atoms with E-state index in [0.717, 1.165) is 17.5 Å². The minimum Gasteiger partial charge on any atom is -0.493 e. The lowest BCUT2D eigenvalue weighted by Gasteiger charge is -2.10. The molecule has 27 heavy (non-hydrogen) atoms. The van der Waals surface area contributed by atoms with Gasteiger partial charge in [0, 0.05) is 0 Å². The Labute approximate surface area is 164 Å². The number of aromatic hydroxyl groups is 1. The molecule has 4 nitrogen and oxygen atoms in total. The molecular formula is C22H26N2O2S. The molecule has 0 spiro atoms. The predicted molar refractivity (Wildman–Crippen MR) is 113 cm³/mol. The first-order valence-corrected chi connectivity index (χ1v) is 10.1.